The van der Waals surface area contributed by atoms with Crippen molar-refractivity contribution >= 4 is 38.2 Å². The molecule has 3 N–H and O–H groups in total. The van der Waals surface area contributed by atoms with Crippen LogP contribution in [-0.4, -0.2) is 46.8 Å². The summed E-state index contributed by atoms with van der Waals surface area (Å²) in [7, 11) is -2.12. The normalized spacial score (nSPS) is 19.6. The smallest absolute Gasteiger partial charge is 0.232 e. The fraction of sp³-hybridized carbons (Fsp3) is 0.300. The topological polar surface area (TPSA) is 132 Å². The Bertz CT molecular complexity index is 1310. The molecule has 1 atom stereocenters. The average molecular weight is 444 g/mol. The summed E-state index contributed by atoms with van der Waals surface area (Å²) in [5.74, 6) is -0.172. The maximum atomic E-state index is 14.6. The first-order valence-corrected chi connectivity index (χ1v) is 11.1. The molecule has 0 bridgehead atoms. The fourth-order valence-corrected chi connectivity index (χ4v) is 4.69. The predicted octanol–water partition coefficient (Wildman–Crippen LogP) is 2.52. The minimum atomic E-state index is -3.62. The number of fused-ring (bicyclic) bond motifs is 1. The number of hydrogen-bond acceptors (Lipinski definition) is 9. The number of aliphatic imine (C=N–C) groups is 1. The van der Waals surface area contributed by atoms with Crippen LogP contribution in [-0.2, 0) is 9.84 Å². The minimum Gasteiger partial charge on any atom is -0.480 e. The Morgan fingerprint density at radius 1 is 1.26 bits per heavy atom. The fourth-order valence-electron chi connectivity index (χ4n) is 3.23. The highest BCUT2D eigenvalue weighted by molar-refractivity contribution is 7.93. The number of rotatable bonds is 4. The Hall–Kier alpha value is -3.34. The van der Waals surface area contributed by atoms with Gasteiger partial charge in [-0.2, -0.15) is 0 Å². The third-order valence-corrected chi connectivity index (χ3v) is 7.85. The average Bonchev–Trinajstić information content (AvgIpc) is 2.73. The Morgan fingerprint density at radius 3 is 2.74 bits per heavy atom. The molecule has 0 saturated carbocycles. The quantitative estimate of drug-likeness (QED) is 0.627. The van der Waals surface area contributed by atoms with Gasteiger partial charge < -0.3 is 15.8 Å². The van der Waals surface area contributed by atoms with Crippen molar-refractivity contribution in [2.24, 2.45) is 10.7 Å². The van der Waals surface area contributed by atoms with E-state index in [2.05, 4.69) is 25.3 Å². The first-order valence-electron chi connectivity index (χ1n) is 9.40. The Labute approximate surface area is 178 Å². The summed E-state index contributed by atoms with van der Waals surface area (Å²) in [6.45, 7) is 2.99. The molecule has 1 aliphatic rings. The zero-order valence-electron chi connectivity index (χ0n) is 17.1. The van der Waals surface area contributed by atoms with E-state index in [1.165, 1.54) is 45.4 Å². The lowest BCUT2D eigenvalue weighted by molar-refractivity contribution is 0.397. The number of amidine groups is 1. The van der Waals surface area contributed by atoms with Gasteiger partial charge in [0, 0.05) is 17.4 Å². The van der Waals surface area contributed by atoms with Crippen LogP contribution in [0.25, 0.3) is 11.0 Å². The van der Waals surface area contributed by atoms with Gasteiger partial charge in [-0.15, -0.1) is 0 Å². The van der Waals surface area contributed by atoms with Gasteiger partial charge in [0.05, 0.1) is 30.6 Å². The zero-order valence-corrected chi connectivity index (χ0v) is 17.9. The molecule has 1 unspecified atom stereocenters. The summed E-state index contributed by atoms with van der Waals surface area (Å²) < 4.78 is 43.7. The highest BCUT2D eigenvalue weighted by Crippen LogP contribution is 2.34. The third-order valence-electron chi connectivity index (χ3n) is 5.33. The molecule has 31 heavy (non-hydrogen) atoms. The van der Waals surface area contributed by atoms with Crippen molar-refractivity contribution in [1.82, 2.24) is 15.0 Å². The van der Waals surface area contributed by atoms with Crippen LogP contribution in [0.5, 0.6) is 5.88 Å². The predicted molar refractivity (Wildman–Crippen MR) is 116 cm³/mol. The van der Waals surface area contributed by atoms with E-state index in [0.29, 0.717) is 28.4 Å². The zero-order chi connectivity index (χ0) is 22.4. The van der Waals surface area contributed by atoms with E-state index in [1.807, 2.05) is 0 Å². The van der Waals surface area contributed by atoms with Gasteiger partial charge in [-0.25, -0.2) is 27.8 Å². The Kier molecular flexibility index (Phi) is 5.00. The first kappa shape index (κ1) is 20.9. The van der Waals surface area contributed by atoms with Gasteiger partial charge in [-0.05, 0) is 38.1 Å². The van der Waals surface area contributed by atoms with E-state index in [0.717, 1.165) is 0 Å². The maximum Gasteiger partial charge on any atom is 0.232 e. The van der Waals surface area contributed by atoms with Gasteiger partial charge in [0.2, 0.25) is 5.88 Å². The summed E-state index contributed by atoms with van der Waals surface area (Å²) in [5, 5.41) is 3.09. The Morgan fingerprint density at radius 2 is 2.03 bits per heavy atom. The standard InChI is InChI=1S/C20H21FN6O3S/c1-20(2)19(22)27-15(10-31(20,28)29)12-8-11(4-5-13(12)21)25-18-17-14(6-7-23-18)26-16(30-3)9-24-17/h4-9,15H,10H2,1-3H3,(H2,22,27)(H,23,25). The second kappa shape index (κ2) is 7.41. The van der Waals surface area contributed by atoms with E-state index in [4.69, 9.17) is 10.5 Å². The molecule has 1 aliphatic heterocycles. The van der Waals surface area contributed by atoms with Gasteiger partial charge in [-0.3, -0.25) is 4.99 Å². The molecule has 162 valence electrons. The number of hydrogen-bond donors (Lipinski definition) is 2. The molecule has 0 spiro atoms. The second-order valence-electron chi connectivity index (χ2n) is 7.62. The van der Waals surface area contributed by atoms with Gasteiger partial charge in [0.25, 0.3) is 0 Å². The van der Waals surface area contributed by atoms with Crippen molar-refractivity contribution in [2.45, 2.75) is 24.6 Å². The highest BCUT2D eigenvalue weighted by Gasteiger charge is 2.44. The molecule has 0 amide bonds. The summed E-state index contributed by atoms with van der Waals surface area (Å²) >= 11 is 0. The van der Waals surface area contributed by atoms with Gasteiger partial charge in [0.1, 0.15) is 21.9 Å². The minimum absolute atomic E-state index is 0.0403. The van der Waals surface area contributed by atoms with Gasteiger partial charge in [0.15, 0.2) is 15.7 Å². The van der Waals surface area contributed by atoms with Crippen LogP contribution in [0.2, 0.25) is 0 Å². The first-order chi connectivity index (χ1) is 14.6. The Balaban J connectivity index is 1.72. The van der Waals surface area contributed by atoms with Crippen molar-refractivity contribution in [3.05, 3.63) is 48.0 Å². The maximum absolute atomic E-state index is 14.6. The number of halogens is 1. The summed E-state index contributed by atoms with van der Waals surface area (Å²) in [6.07, 6.45) is 3.03. The third kappa shape index (κ3) is 3.65. The number of nitrogens with zero attached hydrogens (tertiary/aromatic N) is 4. The molecule has 11 heteroatoms. The van der Waals surface area contributed by atoms with Crippen molar-refractivity contribution in [3.8, 4) is 5.88 Å². The molecular formula is C20H21FN6O3S. The lowest BCUT2D eigenvalue weighted by Gasteiger charge is -2.32. The number of methoxy groups -OCH3 is 1. The largest absolute Gasteiger partial charge is 0.480 e. The molecule has 3 aromatic rings. The molecule has 0 aliphatic carbocycles. The number of nitrogens with one attached hydrogen (secondary N) is 1. The number of benzene rings is 1. The molecule has 1 aromatic carbocycles. The summed E-state index contributed by atoms with van der Waals surface area (Å²) in [6, 6.07) is 5.02. The molecular weight excluding hydrogens is 423 g/mol. The number of nitrogens with two attached hydrogens (primary N) is 1. The van der Waals surface area contributed by atoms with E-state index in [9.17, 15) is 12.8 Å². The number of anilines is 2. The lowest BCUT2D eigenvalue weighted by Crippen LogP contribution is -2.50. The van der Waals surface area contributed by atoms with Crippen molar-refractivity contribution < 1.29 is 17.5 Å². The van der Waals surface area contributed by atoms with Crippen LogP contribution in [0.3, 0.4) is 0 Å². The van der Waals surface area contributed by atoms with Crippen LogP contribution in [0.15, 0.2) is 41.7 Å². The SMILES string of the molecule is COc1cnc2c(Nc3ccc(F)c(C4CS(=O)(=O)C(C)(C)C(N)=N4)c3)nccc2n1. The van der Waals surface area contributed by atoms with Crippen LogP contribution in [0.1, 0.15) is 25.5 Å². The summed E-state index contributed by atoms with van der Waals surface area (Å²) in [5.41, 5.74) is 7.59. The summed E-state index contributed by atoms with van der Waals surface area (Å²) in [4.78, 5) is 17.2. The highest BCUT2D eigenvalue weighted by atomic mass is 32.2. The molecule has 9 nitrogen and oxygen atoms in total. The van der Waals surface area contributed by atoms with Crippen molar-refractivity contribution in [1.29, 1.82) is 0 Å². The lowest BCUT2D eigenvalue weighted by atomic mass is 10.1. The number of pyridine rings is 1. The molecule has 0 saturated heterocycles. The van der Waals surface area contributed by atoms with E-state index < -0.39 is 26.4 Å². The van der Waals surface area contributed by atoms with Gasteiger partial charge in [-0.1, -0.05) is 0 Å². The monoisotopic (exact) mass is 444 g/mol. The number of ether oxygens (including phenoxy) is 1. The molecule has 0 radical (unpaired) electrons. The van der Waals surface area contributed by atoms with Crippen LogP contribution < -0.4 is 15.8 Å². The van der Waals surface area contributed by atoms with E-state index >= 15 is 0 Å². The van der Waals surface area contributed by atoms with Crippen LogP contribution in [0.4, 0.5) is 15.9 Å². The molecule has 4 rings (SSSR count). The number of sulfone groups is 1. The molecule has 2 aromatic heterocycles. The molecule has 3 heterocycles. The van der Waals surface area contributed by atoms with Gasteiger partial charge >= 0.3 is 0 Å². The molecule has 0 fully saturated rings. The van der Waals surface area contributed by atoms with Crippen molar-refractivity contribution in [3.63, 3.8) is 0 Å². The van der Waals surface area contributed by atoms with E-state index in [-0.39, 0.29) is 17.2 Å². The van der Waals surface area contributed by atoms with Crippen molar-refractivity contribution in [2.75, 3.05) is 18.2 Å². The second-order valence-corrected chi connectivity index (χ2v) is 10.2. The van der Waals surface area contributed by atoms with E-state index in [1.54, 1.807) is 12.3 Å². The number of aromatic nitrogens is 3. The van der Waals surface area contributed by atoms with Crippen LogP contribution in [0, 0.1) is 5.82 Å². The van der Waals surface area contributed by atoms with Crippen LogP contribution >= 0.6 is 0 Å².